The number of hydrogen-bond acceptors (Lipinski definition) is 3. The monoisotopic (exact) mass is 235 g/mol. The van der Waals surface area contributed by atoms with E-state index in [1.165, 1.54) is 0 Å². The van der Waals surface area contributed by atoms with Crippen molar-refractivity contribution in [1.29, 1.82) is 0 Å². The van der Waals surface area contributed by atoms with E-state index in [0.29, 0.717) is 18.5 Å². The second kappa shape index (κ2) is 6.68. The Balaban J connectivity index is 2.59. The molecule has 0 heterocycles. The van der Waals surface area contributed by atoms with Crippen molar-refractivity contribution in [2.75, 3.05) is 18.0 Å². The van der Waals surface area contributed by atoms with Gasteiger partial charge in [-0.05, 0) is 37.6 Å². The molecule has 0 unspecified atom stereocenters. The largest absolute Gasteiger partial charge is 0.481 e. The number of benzene rings is 1. The fourth-order valence-electron chi connectivity index (χ4n) is 1.65. The number of rotatable bonds is 7. The summed E-state index contributed by atoms with van der Waals surface area (Å²) in [5, 5.41) is 8.58. The van der Waals surface area contributed by atoms with Crippen molar-refractivity contribution in [2.24, 2.45) is 0 Å². The van der Waals surface area contributed by atoms with Gasteiger partial charge in [0.2, 0.25) is 0 Å². The van der Waals surface area contributed by atoms with E-state index in [9.17, 15) is 9.59 Å². The van der Waals surface area contributed by atoms with Gasteiger partial charge in [0, 0.05) is 30.8 Å². The lowest BCUT2D eigenvalue weighted by Crippen LogP contribution is -2.24. The van der Waals surface area contributed by atoms with Crippen LogP contribution in [0.3, 0.4) is 0 Å². The molecule has 0 aromatic heterocycles. The summed E-state index contributed by atoms with van der Waals surface area (Å²) in [6.45, 7) is 3.55. The van der Waals surface area contributed by atoms with E-state index < -0.39 is 5.97 Å². The number of carbonyl (C=O) groups is 2. The van der Waals surface area contributed by atoms with Gasteiger partial charge in [0.1, 0.15) is 6.29 Å². The van der Waals surface area contributed by atoms with Crippen LogP contribution in [0.5, 0.6) is 0 Å². The van der Waals surface area contributed by atoms with Crippen LogP contribution in [0.15, 0.2) is 24.3 Å². The molecule has 0 spiro atoms. The Morgan fingerprint density at radius 3 is 2.47 bits per heavy atom. The second-order valence-electron chi connectivity index (χ2n) is 3.79. The Bertz CT molecular complexity index is 373. The van der Waals surface area contributed by atoms with Crippen molar-refractivity contribution in [3.63, 3.8) is 0 Å². The van der Waals surface area contributed by atoms with Crippen LogP contribution >= 0.6 is 0 Å². The maximum absolute atomic E-state index is 10.5. The average Bonchev–Trinajstić information content (AvgIpc) is 2.34. The number of carboxylic acids is 1. The van der Waals surface area contributed by atoms with Gasteiger partial charge in [0.15, 0.2) is 0 Å². The molecule has 1 aromatic rings. The van der Waals surface area contributed by atoms with E-state index in [1.807, 2.05) is 19.1 Å². The number of aliphatic carboxylic acids is 1. The van der Waals surface area contributed by atoms with Crippen LogP contribution < -0.4 is 4.90 Å². The molecule has 1 N–H and O–H groups in total. The smallest absolute Gasteiger partial charge is 0.303 e. The van der Waals surface area contributed by atoms with Gasteiger partial charge in [0.25, 0.3) is 0 Å². The van der Waals surface area contributed by atoms with Crippen molar-refractivity contribution in [3.8, 4) is 0 Å². The maximum Gasteiger partial charge on any atom is 0.303 e. The molecule has 0 saturated heterocycles. The van der Waals surface area contributed by atoms with Crippen LogP contribution in [-0.2, 0) is 4.79 Å². The van der Waals surface area contributed by atoms with Gasteiger partial charge in [0.05, 0.1) is 0 Å². The van der Waals surface area contributed by atoms with Crippen molar-refractivity contribution in [2.45, 2.75) is 19.8 Å². The fraction of sp³-hybridized carbons (Fsp3) is 0.385. The lowest BCUT2D eigenvalue weighted by Gasteiger charge is -2.22. The van der Waals surface area contributed by atoms with Gasteiger partial charge in [-0.2, -0.15) is 0 Å². The quantitative estimate of drug-likeness (QED) is 0.736. The molecule has 0 amide bonds. The summed E-state index contributed by atoms with van der Waals surface area (Å²) in [6.07, 6.45) is 1.62. The Labute approximate surface area is 101 Å². The Hall–Kier alpha value is -1.84. The summed E-state index contributed by atoms with van der Waals surface area (Å²) in [5.41, 5.74) is 1.67. The molecule has 4 nitrogen and oxygen atoms in total. The first kappa shape index (κ1) is 13.2. The predicted octanol–water partition coefficient (Wildman–Crippen LogP) is 2.19. The lowest BCUT2D eigenvalue weighted by molar-refractivity contribution is -0.137. The van der Waals surface area contributed by atoms with E-state index in [2.05, 4.69) is 4.90 Å². The standard InChI is InChI=1S/C13H17NO3/c1-2-14(9-3-4-13(16)17)12-7-5-11(10-15)6-8-12/h5-8,10H,2-4,9H2,1H3,(H,16,17). The fourth-order valence-corrected chi connectivity index (χ4v) is 1.65. The van der Waals surface area contributed by atoms with Crippen molar-refractivity contribution in [1.82, 2.24) is 0 Å². The van der Waals surface area contributed by atoms with Crippen LogP contribution in [-0.4, -0.2) is 30.5 Å². The Morgan fingerprint density at radius 1 is 1.35 bits per heavy atom. The van der Waals surface area contributed by atoms with Crippen molar-refractivity contribution < 1.29 is 14.7 Å². The van der Waals surface area contributed by atoms with E-state index in [0.717, 1.165) is 18.5 Å². The molecule has 0 bridgehead atoms. The van der Waals surface area contributed by atoms with Crippen LogP contribution in [0, 0.1) is 0 Å². The van der Waals surface area contributed by atoms with Gasteiger partial charge in [-0.25, -0.2) is 0 Å². The van der Waals surface area contributed by atoms with Crippen LogP contribution in [0.25, 0.3) is 0 Å². The minimum absolute atomic E-state index is 0.183. The second-order valence-corrected chi connectivity index (χ2v) is 3.79. The summed E-state index contributed by atoms with van der Waals surface area (Å²) in [5.74, 6) is -0.766. The van der Waals surface area contributed by atoms with Crippen LogP contribution in [0.1, 0.15) is 30.1 Å². The molecule has 1 rings (SSSR count). The van der Waals surface area contributed by atoms with E-state index >= 15 is 0 Å². The molecule has 1 aromatic carbocycles. The average molecular weight is 235 g/mol. The van der Waals surface area contributed by atoms with Gasteiger partial charge in [-0.15, -0.1) is 0 Å². The molecule has 0 radical (unpaired) electrons. The number of carbonyl (C=O) groups excluding carboxylic acids is 1. The Kier molecular flexibility index (Phi) is 5.20. The third-order valence-corrected chi connectivity index (χ3v) is 2.59. The minimum Gasteiger partial charge on any atom is -0.481 e. The van der Waals surface area contributed by atoms with Crippen molar-refractivity contribution >= 4 is 17.9 Å². The third-order valence-electron chi connectivity index (χ3n) is 2.59. The maximum atomic E-state index is 10.5. The van der Waals surface area contributed by atoms with Gasteiger partial charge < -0.3 is 10.0 Å². The number of nitrogens with zero attached hydrogens (tertiary/aromatic N) is 1. The zero-order valence-electron chi connectivity index (χ0n) is 9.93. The summed E-state index contributed by atoms with van der Waals surface area (Å²) >= 11 is 0. The first-order chi connectivity index (χ1) is 8.17. The summed E-state index contributed by atoms with van der Waals surface area (Å²) in [7, 11) is 0. The Morgan fingerprint density at radius 2 is 2.00 bits per heavy atom. The zero-order valence-corrected chi connectivity index (χ0v) is 9.93. The van der Waals surface area contributed by atoms with Gasteiger partial charge in [-0.3, -0.25) is 9.59 Å². The summed E-state index contributed by atoms with van der Waals surface area (Å²) in [4.78, 5) is 23.1. The molecule has 0 atom stereocenters. The molecular formula is C13H17NO3. The van der Waals surface area contributed by atoms with Gasteiger partial charge in [-0.1, -0.05) is 0 Å². The first-order valence-corrected chi connectivity index (χ1v) is 5.69. The molecule has 92 valence electrons. The highest BCUT2D eigenvalue weighted by Gasteiger charge is 2.05. The SMILES string of the molecule is CCN(CCCC(=O)O)c1ccc(C=O)cc1. The van der Waals surface area contributed by atoms with E-state index in [1.54, 1.807) is 12.1 Å². The molecule has 17 heavy (non-hydrogen) atoms. The normalized spacial score (nSPS) is 9.94. The predicted molar refractivity (Wildman–Crippen MR) is 66.6 cm³/mol. The van der Waals surface area contributed by atoms with Gasteiger partial charge >= 0.3 is 5.97 Å². The molecule has 4 heteroatoms. The number of aldehydes is 1. The van der Waals surface area contributed by atoms with E-state index in [4.69, 9.17) is 5.11 Å². The van der Waals surface area contributed by atoms with Crippen molar-refractivity contribution in [3.05, 3.63) is 29.8 Å². The minimum atomic E-state index is -0.766. The first-order valence-electron chi connectivity index (χ1n) is 5.69. The highest BCUT2D eigenvalue weighted by atomic mass is 16.4. The van der Waals surface area contributed by atoms with Crippen LogP contribution in [0.2, 0.25) is 0 Å². The zero-order chi connectivity index (χ0) is 12.7. The summed E-state index contributed by atoms with van der Waals surface area (Å²) < 4.78 is 0. The van der Waals surface area contributed by atoms with E-state index in [-0.39, 0.29) is 6.42 Å². The molecule has 0 aliphatic rings. The number of carboxylic acid groups (broad SMARTS) is 1. The molecule has 0 saturated carbocycles. The topological polar surface area (TPSA) is 57.6 Å². The molecule has 0 fully saturated rings. The highest BCUT2D eigenvalue weighted by Crippen LogP contribution is 2.15. The molecule has 0 aliphatic carbocycles. The third kappa shape index (κ3) is 4.26. The number of anilines is 1. The molecule has 0 aliphatic heterocycles. The summed E-state index contributed by atoms with van der Waals surface area (Å²) in [6, 6.07) is 7.30. The number of hydrogen-bond donors (Lipinski definition) is 1. The molecular weight excluding hydrogens is 218 g/mol. The van der Waals surface area contributed by atoms with Crippen LogP contribution in [0.4, 0.5) is 5.69 Å². The lowest BCUT2D eigenvalue weighted by atomic mass is 10.2. The highest BCUT2D eigenvalue weighted by molar-refractivity contribution is 5.75.